The Labute approximate surface area is 142 Å². The molecule has 3 amide bonds. The van der Waals surface area contributed by atoms with Gasteiger partial charge in [-0.05, 0) is 19.4 Å². The van der Waals surface area contributed by atoms with Crippen LogP contribution in [0.3, 0.4) is 0 Å². The van der Waals surface area contributed by atoms with Crippen molar-refractivity contribution in [1.82, 2.24) is 15.1 Å². The van der Waals surface area contributed by atoms with Crippen LogP contribution in [0.1, 0.15) is 25.8 Å². The molecule has 0 radical (unpaired) electrons. The van der Waals surface area contributed by atoms with Crippen molar-refractivity contribution in [3.05, 3.63) is 35.9 Å². The molecule has 1 atom stereocenters. The van der Waals surface area contributed by atoms with Crippen molar-refractivity contribution in [1.29, 1.82) is 0 Å². The summed E-state index contributed by atoms with van der Waals surface area (Å²) in [6.45, 7) is 5.93. The fraction of sp³-hybridized carbons (Fsp3) is 0.500. The maximum Gasteiger partial charge on any atom is 0.242 e. The van der Waals surface area contributed by atoms with Gasteiger partial charge in [-0.3, -0.25) is 14.4 Å². The molecule has 0 bridgehead atoms. The van der Waals surface area contributed by atoms with E-state index in [1.54, 1.807) is 9.80 Å². The van der Waals surface area contributed by atoms with Gasteiger partial charge in [-0.25, -0.2) is 0 Å². The average molecular weight is 331 g/mol. The summed E-state index contributed by atoms with van der Waals surface area (Å²) >= 11 is 0. The van der Waals surface area contributed by atoms with E-state index in [9.17, 15) is 14.4 Å². The van der Waals surface area contributed by atoms with E-state index in [2.05, 4.69) is 5.32 Å². The Bertz CT molecular complexity index is 588. The van der Waals surface area contributed by atoms with E-state index < -0.39 is 0 Å². The molecule has 1 aliphatic rings. The van der Waals surface area contributed by atoms with Crippen LogP contribution in [0.2, 0.25) is 0 Å². The van der Waals surface area contributed by atoms with Gasteiger partial charge in [0, 0.05) is 32.6 Å². The second-order valence-electron chi connectivity index (χ2n) is 5.94. The number of nitrogens with zero attached hydrogens (tertiary/aromatic N) is 2. The molecule has 1 unspecified atom stereocenters. The van der Waals surface area contributed by atoms with Crippen LogP contribution in [0.5, 0.6) is 0 Å². The molecular weight excluding hydrogens is 306 g/mol. The lowest BCUT2D eigenvalue weighted by Gasteiger charge is -2.21. The van der Waals surface area contributed by atoms with Crippen LogP contribution in [-0.4, -0.2) is 53.7 Å². The maximum atomic E-state index is 12.3. The van der Waals surface area contributed by atoms with Crippen molar-refractivity contribution < 1.29 is 14.4 Å². The van der Waals surface area contributed by atoms with Crippen molar-refractivity contribution in [3.63, 3.8) is 0 Å². The fourth-order valence-corrected chi connectivity index (χ4v) is 2.85. The highest BCUT2D eigenvalue weighted by Gasteiger charge is 2.33. The number of benzene rings is 1. The van der Waals surface area contributed by atoms with Crippen molar-refractivity contribution in [2.45, 2.75) is 26.8 Å². The highest BCUT2D eigenvalue weighted by Crippen LogP contribution is 2.17. The van der Waals surface area contributed by atoms with Gasteiger partial charge in [0.05, 0.1) is 12.5 Å². The number of hydrogen-bond donors (Lipinski definition) is 1. The van der Waals surface area contributed by atoms with Crippen LogP contribution in [0.15, 0.2) is 30.3 Å². The average Bonchev–Trinajstić information content (AvgIpc) is 2.99. The van der Waals surface area contributed by atoms with Crippen LogP contribution in [0.4, 0.5) is 0 Å². The summed E-state index contributed by atoms with van der Waals surface area (Å²) in [4.78, 5) is 39.5. The second kappa shape index (κ2) is 8.47. The number of nitrogens with one attached hydrogen (secondary N) is 1. The van der Waals surface area contributed by atoms with Gasteiger partial charge in [0.25, 0.3) is 0 Å². The molecule has 1 N–H and O–H groups in total. The minimum absolute atomic E-state index is 0.00300. The molecule has 1 saturated heterocycles. The predicted octanol–water partition coefficient (Wildman–Crippen LogP) is 1.02. The first-order valence-corrected chi connectivity index (χ1v) is 8.42. The minimum atomic E-state index is -0.352. The monoisotopic (exact) mass is 331 g/mol. The predicted molar refractivity (Wildman–Crippen MR) is 90.9 cm³/mol. The van der Waals surface area contributed by atoms with Gasteiger partial charge in [-0.15, -0.1) is 0 Å². The molecule has 24 heavy (non-hydrogen) atoms. The summed E-state index contributed by atoms with van der Waals surface area (Å²) in [5, 5.41) is 2.68. The molecular formula is C18H25N3O3. The summed E-state index contributed by atoms with van der Waals surface area (Å²) in [6.07, 6.45) is 0.232. The molecule has 1 aliphatic heterocycles. The molecule has 1 fully saturated rings. The number of amides is 3. The first kappa shape index (κ1) is 18.0. The minimum Gasteiger partial charge on any atom is -0.347 e. The SMILES string of the molecule is CCN(Cc1ccccc1)C(=O)CNC(=O)C1CC(=O)N(CC)C1. The van der Waals surface area contributed by atoms with Gasteiger partial charge in [0.1, 0.15) is 0 Å². The highest BCUT2D eigenvalue weighted by molar-refractivity contribution is 5.91. The molecule has 1 aromatic rings. The third kappa shape index (κ3) is 4.57. The summed E-state index contributed by atoms with van der Waals surface area (Å²) in [5.41, 5.74) is 1.05. The highest BCUT2D eigenvalue weighted by atomic mass is 16.2. The molecule has 1 heterocycles. The lowest BCUT2D eigenvalue weighted by atomic mass is 10.1. The topological polar surface area (TPSA) is 69.7 Å². The van der Waals surface area contributed by atoms with Crippen molar-refractivity contribution in [2.24, 2.45) is 5.92 Å². The molecule has 6 heteroatoms. The Morgan fingerprint density at radius 2 is 1.96 bits per heavy atom. The lowest BCUT2D eigenvalue weighted by Crippen LogP contribution is -2.42. The third-order valence-corrected chi connectivity index (χ3v) is 4.33. The molecule has 1 aromatic carbocycles. The Morgan fingerprint density at radius 1 is 1.25 bits per heavy atom. The number of likely N-dealkylation sites (tertiary alicyclic amines) is 1. The van der Waals surface area contributed by atoms with E-state index in [1.807, 2.05) is 44.2 Å². The van der Waals surface area contributed by atoms with Crippen molar-refractivity contribution >= 4 is 17.7 Å². The first-order valence-electron chi connectivity index (χ1n) is 8.42. The van der Waals surface area contributed by atoms with Crippen molar-refractivity contribution in [2.75, 3.05) is 26.2 Å². The normalized spacial score (nSPS) is 17.0. The van der Waals surface area contributed by atoms with Gasteiger partial charge in [0.2, 0.25) is 17.7 Å². The largest absolute Gasteiger partial charge is 0.347 e. The van der Waals surface area contributed by atoms with Crippen LogP contribution in [-0.2, 0) is 20.9 Å². The van der Waals surface area contributed by atoms with E-state index >= 15 is 0 Å². The Balaban J connectivity index is 1.83. The summed E-state index contributed by atoms with van der Waals surface area (Å²) < 4.78 is 0. The van der Waals surface area contributed by atoms with Crippen LogP contribution >= 0.6 is 0 Å². The van der Waals surface area contributed by atoms with Crippen molar-refractivity contribution in [3.8, 4) is 0 Å². The Morgan fingerprint density at radius 3 is 2.54 bits per heavy atom. The smallest absolute Gasteiger partial charge is 0.242 e. The number of hydrogen-bond acceptors (Lipinski definition) is 3. The maximum absolute atomic E-state index is 12.3. The number of carbonyl (C=O) groups is 3. The standard InChI is InChI=1S/C18H25N3O3/c1-3-20(12-14-8-6-5-7-9-14)17(23)11-19-18(24)15-10-16(22)21(4-2)13-15/h5-9,15H,3-4,10-13H2,1-2H3,(H,19,24). The molecule has 0 saturated carbocycles. The molecule has 0 aliphatic carbocycles. The molecule has 2 rings (SSSR count). The van der Waals surface area contributed by atoms with Crippen LogP contribution in [0, 0.1) is 5.92 Å². The molecule has 0 spiro atoms. The molecule has 0 aromatic heterocycles. The summed E-state index contributed by atoms with van der Waals surface area (Å²) in [5.74, 6) is -0.688. The zero-order valence-electron chi connectivity index (χ0n) is 14.3. The van der Waals surface area contributed by atoms with E-state index in [4.69, 9.17) is 0 Å². The quantitative estimate of drug-likeness (QED) is 0.811. The zero-order chi connectivity index (χ0) is 17.5. The number of rotatable bonds is 7. The van der Waals surface area contributed by atoms with Gasteiger partial charge >= 0.3 is 0 Å². The lowest BCUT2D eigenvalue weighted by molar-refractivity contribution is -0.134. The first-order chi connectivity index (χ1) is 11.5. The van der Waals surface area contributed by atoms with Crippen LogP contribution < -0.4 is 5.32 Å². The Hall–Kier alpha value is -2.37. The molecule has 130 valence electrons. The van der Waals surface area contributed by atoms with Gasteiger partial charge in [0.15, 0.2) is 0 Å². The Kier molecular flexibility index (Phi) is 6.35. The van der Waals surface area contributed by atoms with Gasteiger partial charge < -0.3 is 15.1 Å². The van der Waals surface area contributed by atoms with Gasteiger partial charge in [-0.1, -0.05) is 30.3 Å². The van der Waals surface area contributed by atoms with Crippen LogP contribution in [0.25, 0.3) is 0 Å². The zero-order valence-corrected chi connectivity index (χ0v) is 14.3. The number of likely N-dealkylation sites (N-methyl/N-ethyl adjacent to an activating group) is 1. The fourth-order valence-electron chi connectivity index (χ4n) is 2.85. The number of carbonyl (C=O) groups excluding carboxylic acids is 3. The summed E-state index contributed by atoms with van der Waals surface area (Å²) in [7, 11) is 0. The van der Waals surface area contributed by atoms with E-state index in [0.29, 0.717) is 26.2 Å². The van der Waals surface area contributed by atoms with E-state index in [1.165, 1.54) is 0 Å². The van der Waals surface area contributed by atoms with E-state index in [0.717, 1.165) is 5.56 Å². The van der Waals surface area contributed by atoms with Gasteiger partial charge in [-0.2, -0.15) is 0 Å². The summed E-state index contributed by atoms with van der Waals surface area (Å²) in [6, 6.07) is 9.75. The third-order valence-electron chi connectivity index (χ3n) is 4.33. The molecule has 6 nitrogen and oxygen atoms in total. The second-order valence-corrected chi connectivity index (χ2v) is 5.94. The van der Waals surface area contributed by atoms with E-state index in [-0.39, 0.29) is 36.6 Å².